The van der Waals surface area contributed by atoms with Crippen LogP contribution in [0.3, 0.4) is 0 Å². The first kappa shape index (κ1) is 12.7. The lowest BCUT2D eigenvalue weighted by Crippen LogP contribution is -2.12. The maximum Gasteiger partial charge on any atom is 0.127 e. The first-order valence-electron chi connectivity index (χ1n) is 6.14. The number of hydrogen-bond acceptors (Lipinski definition) is 3. The van der Waals surface area contributed by atoms with E-state index in [-0.39, 0.29) is 12.1 Å². The zero-order valence-electron chi connectivity index (χ0n) is 11.0. The lowest BCUT2D eigenvalue weighted by atomic mass is 10.0. The van der Waals surface area contributed by atoms with Gasteiger partial charge in [0.05, 0.1) is 18.4 Å². The topological polar surface area (TPSA) is 48.4 Å². The molecule has 1 heterocycles. The molecule has 1 aromatic heterocycles. The van der Waals surface area contributed by atoms with Crippen LogP contribution in [0.25, 0.3) is 0 Å². The zero-order valence-corrected chi connectivity index (χ0v) is 11.0. The number of nitrogens with two attached hydrogens (primary N) is 1. The Bertz CT molecular complexity index is 499. The Hall–Kier alpha value is -1.74. The summed E-state index contributed by atoms with van der Waals surface area (Å²) >= 11 is 0. The molecule has 0 aliphatic heterocycles. The van der Waals surface area contributed by atoms with Crippen LogP contribution in [0.1, 0.15) is 36.8 Å². The first-order chi connectivity index (χ1) is 8.58. The third-order valence-electron chi connectivity index (χ3n) is 2.80. The Labute approximate surface area is 108 Å². The van der Waals surface area contributed by atoms with Crippen LogP contribution in [0, 0.1) is 6.92 Å². The summed E-state index contributed by atoms with van der Waals surface area (Å²) in [5.74, 6) is 1.67. The normalized spacial score (nSPS) is 12.7. The lowest BCUT2D eigenvalue weighted by Gasteiger charge is -2.13. The zero-order chi connectivity index (χ0) is 13.1. The molecule has 3 nitrogen and oxygen atoms in total. The van der Waals surface area contributed by atoms with Crippen molar-refractivity contribution in [3.8, 4) is 5.75 Å². The monoisotopic (exact) mass is 245 g/mol. The van der Waals surface area contributed by atoms with Crippen molar-refractivity contribution in [3.05, 3.63) is 53.5 Å². The fraction of sp³-hybridized carbons (Fsp3) is 0.333. The highest BCUT2D eigenvalue weighted by atomic mass is 16.5. The summed E-state index contributed by atoms with van der Waals surface area (Å²) in [6.45, 7) is 6.01. The fourth-order valence-corrected chi connectivity index (χ4v) is 1.88. The number of rotatable bonds is 4. The van der Waals surface area contributed by atoms with Crippen LogP contribution in [0.4, 0.5) is 0 Å². The molecule has 18 heavy (non-hydrogen) atoms. The molecule has 0 saturated heterocycles. The van der Waals surface area contributed by atoms with Gasteiger partial charge in [0.2, 0.25) is 0 Å². The minimum Gasteiger partial charge on any atom is -0.491 e. The van der Waals surface area contributed by atoms with Gasteiger partial charge in [-0.05, 0) is 50.1 Å². The van der Waals surface area contributed by atoms with Crippen LogP contribution in [0.5, 0.6) is 5.75 Å². The summed E-state index contributed by atoms with van der Waals surface area (Å²) < 4.78 is 11.0. The standard InChI is InChI=1S/C15H19NO2/c1-10(2)18-13-6-4-12(5-7-13)14(16)15-11(3)8-9-17-15/h4-10,14H,16H2,1-3H3. The molecule has 0 aliphatic rings. The van der Waals surface area contributed by atoms with E-state index in [9.17, 15) is 0 Å². The van der Waals surface area contributed by atoms with E-state index in [1.54, 1.807) is 6.26 Å². The molecular formula is C15H19NO2. The second-order valence-electron chi connectivity index (χ2n) is 4.68. The van der Waals surface area contributed by atoms with E-state index in [0.29, 0.717) is 0 Å². The molecule has 0 aliphatic carbocycles. The number of benzene rings is 1. The van der Waals surface area contributed by atoms with Gasteiger partial charge in [-0.25, -0.2) is 0 Å². The van der Waals surface area contributed by atoms with Crippen molar-refractivity contribution in [2.24, 2.45) is 5.73 Å². The third kappa shape index (κ3) is 2.74. The summed E-state index contributed by atoms with van der Waals surface area (Å²) in [5, 5.41) is 0. The van der Waals surface area contributed by atoms with E-state index in [0.717, 1.165) is 22.6 Å². The molecule has 0 spiro atoms. The molecule has 0 radical (unpaired) electrons. The van der Waals surface area contributed by atoms with Crippen LogP contribution in [-0.4, -0.2) is 6.10 Å². The predicted molar refractivity (Wildman–Crippen MR) is 71.7 cm³/mol. The van der Waals surface area contributed by atoms with Gasteiger partial charge in [-0.15, -0.1) is 0 Å². The molecule has 2 N–H and O–H groups in total. The Morgan fingerprint density at radius 1 is 1.11 bits per heavy atom. The van der Waals surface area contributed by atoms with Gasteiger partial charge < -0.3 is 14.9 Å². The minimum absolute atomic E-state index is 0.178. The summed E-state index contributed by atoms with van der Waals surface area (Å²) in [7, 11) is 0. The molecule has 1 atom stereocenters. The molecule has 1 unspecified atom stereocenters. The second kappa shape index (κ2) is 5.27. The highest BCUT2D eigenvalue weighted by molar-refractivity contribution is 5.34. The highest BCUT2D eigenvalue weighted by Crippen LogP contribution is 2.25. The van der Waals surface area contributed by atoms with Crippen molar-refractivity contribution in [1.82, 2.24) is 0 Å². The van der Waals surface area contributed by atoms with Crippen LogP contribution in [0.2, 0.25) is 0 Å². The lowest BCUT2D eigenvalue weighted by molar-refractivity contribution is 0.242. The Kier molecular flexibility index (Phi) is 3.72. The summed E-state index contributed by atoms with van der Waals surface area (Å²) in [4.78, 5) is 0. The van der Waals surface area contributed by atoms with E-state index in [2.05, 4.69) is 0 Å². The predicted octanol–water partition coefficient (Wildman–Crippen LogP) is 3.42. The molecule has 0 bridgehead atoms. The van der Waals surface area contributed by atoms with Gasteiger partial charge in [0.15, 0.2) is 0 Å². The molecule has 1 aromatic carbocycles. The van der Waals surface area contributed by atoms with Crippen LogP contribution in [0.15, 0.2) is 41.0 Å². The number of furan rings is 1. The Balaban J connectivity index is 2.17. The van der Waals surface area contributed by atoms with Crippen LogP contribution >= 0.6 is 0 Å². The van der Waals surface area contributed by atoms with Gasteiger partial charge in [-0.3, -0.25) is 0 Å². The van der Waals surface area contributed by atoms with Gasteiger partial charge >= 0.3 is 0 Å². The van der Waals surface area contributed by atoms with Crippen molar-refractivity contribution in [1.29, 1.82) is 0 Å². The largest absolute Gasteiger partial charge is 0.491 e. The number of ether oxygens (including phenoxy) is 1. The molecule has 2 rings (SSSR count). The summed E-state index contributed by atoms with van der Waals surface area (Å²) in [6.07, 6.45) is 1.85. The van der Waals surface area contributed by atoms with Gasteiger partial charge in [0, 0.05) is 0 Å². The van der Waals surface area contributed by atoms with Crippen molar-refractivity contribution < 1.29 is 9.15 Å². The average Bonchev–Trinajstić information content (AvgIpc) is 2.75. The van der Waals surface area contributed by atoms with Gasteiger partial charge in [0.25, 0.3) is 0 Å². The molecule has 0 fully saturated rings. The van der Waals surface area contributed by atoms with Gasteiger partial charge in [0.1, 0.15) is 11.5 Å². The maximum atomic E-state index is 6.18. The van der Waals surface area contributed by atoms with E-state index in [4.69, 9.17) is 14.9 Å². The molecule has 0 saturated carbocycles. The molecule has 3 heteroatoms. The number of aryl methyl sites for hydroxylation is 1. The summed E-state index contributed by atoms with van der Waals surface area (Å²) in [6, 6.07) is 9.52. The summed E-state index contributed by atoms with van der Waals surface area (Å²) in [5.41, 5.74) is 8.27. The van der Waals surface area contributed by atoms with Gasteiger partial charge in [-0.1, -0.05) is 12.1 Å². The first-order valence-corrected chi connectivity index (χ1v) is 6.14. The van der Waals surface area contributed by atoms with E-state index in [1.165, 1.54) is 0 Å². The number of hydrogen-bond donors (Lipinski definition) is 1. The van der Waals surface area contributed by atoms with Crippen LogP contribution < -0.4 is 10.5 Å². The molecular weight excluding hydrogens is 226 g/mol. The SMILES string of the molecule is Cc1ccoc1C(N)c1ccc(OC(C)C)cc1. The fourth-order valence-electron chi connectivity index (χ4n) is 1.88. The molecule has 0 amide bonds. The van der Waals surface area contributed by atoms with Gasteiger partial charge in [-0.2, -0.15) is 0 Å². The van der Waals surface area contributed by atoms with Crippen molar-refractivity contribution >= 4 is 0 Å². The minimum atomic E-state index is -0.229. The second-order valence-corrected chi connectivity index (χ2v) is 4.68. The van der Waals surface area contributed by atoms with E-state index in [1.807, 2.05) is 51.1 Å². The third-order valence-corrected chi connectivity index (χ3v) is 2.80. The Morgan fingerprint density at radius 2 is 1.78 bits per heavy atom. The van der Waals surface area contributed by atoms with E-state index < -0.39 is 0 Å². The quantitative estimate of drug-likeness (QED) is 0.897. The highest BCUT2D eigenvalue weighted by Gasteiger charge is 2.14. The van der Waals surface area contributed by atoms with Crippen LogP contribution in [-0.2, 0) is 0 Å². The molecule has 2 aromatic rings. The Morgan fingerprint density at radius 3 is 2.28 bits per heavy atom. The van der Waals surface area contributed by atoms with Crippen molar-refractivity contribution in [2.75, 3.05) is 0 Å². The smallest absolute Gasteiger partial charge is 0.127 e. The molecule has 96 valence electrons. The van der Waals surface area contributed by atoms with Crippen molar-refractivity contribution in [3.63, 3.8) is 0 Å². The average molecular weight is 245 g/mol. The van der Waals surface area contributed by atoms with E-state index >= 15 is 0 Å². The maximum absolute atomic E-state index is 6.18. The van der Waals surface area contributed by atoms with Crippen molar-refractivity contribution in [2.45, 2.75) is 32.9 Å².